The van der Waals surface area contributed by atoms with Gasteiger partial charge in [0, 0.05) is 0 Å². The Hall–Kier alpha value is -4.56. The minimum Gasteiger partial charge on any atom is -0.493 e. The number of benzene rings is 3. The van der Waals surface area contributed by atoms with E-state index in [1.165, 1.54) is 11.8 Å². The van der Waals surface area contributed by atoms with E-state index in [1.54, 1.807) is 49.8 Å². The number of carbonyl (C=O) groups excluding carboxylic acids is 1. The zero-order valence-corrected chi connectivity index (χ0v) is 21.7. The molecule has 1 aliphatic heterocycles. The standard InChI is InChI=1S/C30H25N3O4S/c1-35-26-15-12-22(17-27(26)36-2)19-31-32-30-33(20-25-9-6-16-37-25)29(34)28(38-30)18-21-10-13-24(14-11-21)23-7-4-3-5-8-23/h3-19H,20H2,1-2H3/b28-18-,31-19-,32-30+. The zero-order chi connectivity index (χ0) is 26.3. The highest BCUT2D eigenvalue weighted by molar-refractivity contribution is 8.18. The van der Waals surface area contributed by atoms with Crippen molar-refractivity contribution in [3.05, 3.63) is 113 Å². The van der Waals surface area contributed by atoms with Gasteiger partial charge in [-0.25, -0.2) is 0 Å². The molecule has 7 nitrogen and oxygen atoms in total. The van der Waals surface area contributed by atoms with Crippen molar-refractivity contribution in [2.24, 2.45) is 10.2 Å². The van der Waals surface area contributed by atoms with Crippen LogP contribution in [0.1, 0.15) is 16.9 Å². The molecule has 5 rings (SSSR count). The highest BCUT2D eigenvalue weighted by atomic mass is 32.2. The molecule has 2 heterocycles. The summed E-state index contributed by atoms with van der Waals surface area (Å²) >= 11 is 1.28. The van der Waals surface area contributed by atoms with E-state index < -0.39 is 0 Å². The number of methoxy groups -OCH3 is 2. The number of carbonyl (C=O) groups is 1. The molecule has 1 fully saturated rings. The fraction of sp³-hybridized carbons (Fsp3) is 0.100. The lowest BCUT2D eigenvalue weighted by atomic mass is 10.0. The van der Waals surface area contributed by atoms with Gasteiger partial charge in [0.15, 0.2) is 16.7 Å². The molecule has 0 aliphatic carbocycles. The largest absolute Gasteiger partial charge is 0.493 e. The number of hydrogen-bond donors (Lipinski definition) is 0. The van der Waals surface area contributed by atoms with Crippen molar-refractivity contribution < 1.29 is 18.7 Å². The molecule has 38 heavy (non-hydrogen) atoms. The quantitative estimate of drug-likeness (QED) is 0.150. The summed E-state index contributed by atoms with van der Waals surface area (Å²) in [5, 5.41) is 9.09. The van der Waals surface area contributed by atoms with Gasteiger partial charge in [-0.15, -0.1) is 5.10 Å². The molecular weight excluding hydrogens is 498 g/mol. The summed E-state index contributed by atoms with van der Waals surface area (Å²) in [7, 11) is 3.16. The number of amidine groups is 1. The molecule has 1 aliphatic rings. The van der Waals surface area contributed by atoms with Gasteiger partial charge in [0.25, 0.3) is 5.91 Å². The summed E-state index contributed by atoms with van der Waals surface area (Å²) in [5.74, 6) is 1.73. The van der Waals surface area contributed by atoms with Gasteiger partial charge in [-0.1, -0.05) is 54.6 Å². The van der Waals surface area contributed by atoms with Crippen molar-refractivity contribution in [1.29, 1.82) is 0 Å². The fourth-order valence-electron chi connectivity index (χ4n) is 3.91. The van der Waals surface area contributed by atoms with E-state index in [1.807, 2.05) is 48.5 Å². The number of rotatable bonds is 8. The minimum absolute atomic E-state index is 0.154. The topological polar surface area (TPSA) is 76.6 Å². The van der Waals surface area contributed by atoms with Crippen LogP contribution in [-0.2, 0) is 11.3 Å². The van der Waals surface area contributed by atoms with Gasteiger partial charge in [-0.3, -0.25) is 9.69 Å². The Morgan fingerprint density at radius 2 is 1.61 bits per heavy atom. The maximum absolute atomic E-state index is 13.4. The molecule has 3 aromatic carbocycles. The smallest absolute Gasteiger partial charge is 0.267 e. The van der Waals surface area contributed by atoms with E-state index in [2.05, 4.69) is 34.5 Å². The van der Waals surface area contributed by atoms with Crippen LogP contribution in [-0.4, -0.2) is 36.4 Å². The van der Waals surface area contributed by atoms with Gasteiger partial charge in [0.2, 0.25) is 0 Å². The lowest BCUT2D eigenvalue weighted by molar-refractivity contribution is -0.122. The number of amides is 1. The van der Waals surface area contributed by atoms with Gasteiger partial charge >= 0.3 is 0 Å². The van der Waals surface area contributed by atoms with Crippen LogP contribution in [0.4, 0.5) is 0 Å². The van der Waals surface area contributed by atoms with Gasteiger partial charge in [0.05, 0.1) is 38.1 Å². The molecule has 1 amide bonds. The molecule has 0 atom stereocenters. The van der Waals surface area contributed by atoms with Crippen molar-refractivity contribution >= 4 is 35.1 Å². The lowest BCUT2D eigenvalue weighted by Gasteiger charge is -2.12. The molecule has 1 aromatic heterocycles. The fourth-order valence-corrected chi connectivity index (χ4v) is 4.85. The van der Waals surface area contributed by atoms with E-state index in [0.29, 0.717) is 27.3 Å². The average molecular weight is 524 g/mol. The van der Waals surface area contributed by atoms with Crippen LogP contribution in [0.3, 0.4) is 0 Å². The molecule has 0 bridgehead atoms. The second-order valence-electron chi connectivity index (χ2n) is 8.31. The molecule has 190 valence electrons. The van der Waals surface area contributed by atoms with Crippen molar-refractivity contribution in [1.82, 2.24) is 4.90 Å². The maximum atomic E-state index is 13.4. The third kappa shape index (κ3) is 5.71. The Labute approximate surface area is 225 Å². The summed E-state index contributed by atoms with van der Waals surface area (Å²) in [6, 6.07) is 27.4. The molecule has 0 unspecified atom stereocenters. The number of nitrogens with zero attached hydrogens (tertiary/aromatic N) is 3. The predicted molar refractivity (Wildman–Crippen MR) is 151 cm³/mol. The maximum Gasteiger partial charge on any atom is 0.267 e. The predicted octanol–water partition coefficient (Wildman–Crippen LogP) is 6.47. The molecule has 8 heteroatoms. The number of hydrogen-bond acceptors (Lipinski definition) is 7. The minimum atomic E-state index is -0.154. The highest BCUT2D eigenvalue weighted by Gasteiger charge is 2.34. The summed E-state index contributed by atoms with van der Waals surface area (Å²) in [5.41, 5.74) is 3.97. The monoisotopic (exact) mass is 523 g/mol. The normalized spacial score (nSPS) is 15.6. The summed E-state index contributed by atoms with van der Waals surface area (Å²) in [6.45, 7) is 0.258. The molecule has 1 saturated heterocycles. The molecular formula is C30H25N3O4S. The van der Waals surface area contributed by atoms with Gasteiger partial charge in [-0.05, 0) is 70.4 Å². The average Bonchev–Trinajstić information content (AvgIpc) is 3.58. The van der Waals surface area contributed by atoms with Gasteiger partial charge in [-0.2, -0.15) is 5.10 Å². The van der Waals surface area contributed by atoms with Crippen LogP contribution >= 0.6 is 11.8 Å². The van der Waals surface area contributed by atoms with Crippen LogP contribution in [0.15, 0.2) is 111 Å². The van der Waals surface area contributed by atoms with E-state index in [4.69, 9.17) is 13.9 Å². The number of furan rings is 1. The Morgan fingerprint density at radius 3 is 2.32 bits per heavy atom. The Morgan fingerprint density at radius 1 is 0.868 bits per heavy atom. The Kier molecular flexibility index (Phi) is 7.70. The van der Waals surface area contributed by atoms with E-state index in [9.17, 15) is 4.79 Å². The summed E-state index contributed by atoms with van der Waals surface area (Å²) < 4.78 is 16.1. The van der Waals surface area contributed by atoms with E-state index in [-0.39, 0.29) is 12.5 Å². The molecule has 0 radical (unpaired) electrons. The molecule has 0 saturated carbocycles. The van der Waals surface area contributed by atoms with Crippen molar-refractivity contribution in [2.45, 2.75) is 6.54 Å². The van der Waals surface area contributed by atoms with Crippen molar-refractivity contribution in [3.63, 3.8) is 0 Å². The van der Waals surface area contributed by atoms with E-state index >= 15 is 0 Å². The molecule has 0 spiro atoms. The van der Waals surface area contributed by atoms with E-state index in [0.717, 1.165) is 22.3 Å². The van der Waals surface area contributed by atoms with Crippen molar-refractivity contribution in [2.75, 3.05) is 14.2 Å². The second kappa shape index (κ2) is 11.7. The number of thioether (sulfide) groups is 1. The number of ether oxygens (including phenoxy) is 2. The van der Waals surface area contributed by atoms with Crippen LogP contribution in [0, 0.1) is 0 Å². The first-order valence-corrected chi connectivity index (χ1v) is 12.7. The first-order valence-electron chi connectivity index (χ1n) is 11.9. The molecule has 4 aromatic rings. The van der Waals surface area contributed by atoms with Crippen LogP contribution in [0.5, 0.6) is 11.5 Å². The third-order valence-corrected chi connectivity index (χ3v) is 6.85. The molecule has 0 N–H and O–H groups in total. The summed E-state index contributed by atoms with van der Waals surface area (Å²) in [4.78, 5) is 15.5. The lowest BCUT2D eigenvalue weighted by Crippen LogP contribution is -2.28. The zero-order valence-electron chi connectivity index (χ0n) is 20.9. The van der Waals surface area contributed by atoms with Crippen LogP contribution in [0.25, 0.3) is 17.2 Å². The van der Waals surface area contributed by atoms with Gasteiger partial charge < -0.3 is 13.9 Å². The second-order valence-corrected chi connectivity index (χ2v) is 9.32. The Bertz CT molecular complexity index is 1490. The van der Waals surface area contributed by atoms with Crippen molar-refractivity contribution in [3.8, 4) is 22.6 Å². The first kappa shape index (κ1) is 25.1. The van der Waals surface area contributed by atoms with Gasteiger partial charge in [0.1, 0.15) is 5.76 Å². The summed E-state index contributed by atoms with van der Waals surface area (Å²) in [6.07, 6.45) is 5.06. The Balaban J connectivity index is 1.39. The van der Waals surface area contributed by atoms with Crippen LogP contribution in [0.2, 0.25) is 0 Å². The third-order valence-electron chi connectivity index (χ3n) is 5.86. The highest BCUT2D eigenvalue weighted by Crippen LogP contribution is 2.34. The van der Waals surface area contributed by atoms with Crippen LogP contribution < -0.4 is 9.47 Å². The first-order chi connectivity index (χ1) is 18.6. The SMILES string of the molecule is COc1ccc(/C=N\N=C2\S/C(=C\c3ccc(-c4ccccc4)cc3)C(=O)N2Cc2ccco2)cc1OC.